The number of hydrogen-bond acceptors (Lipinski definition) is 6. The number of carbonyl (C=O) groups is 1. The summed E-state index contributed by atoms with van der Waals surface area (Å²) in [6, 6.07) is 11.7. The van der Waals surface area contributed by atoms with Gasteiger partial charge in [-0.15, -0.1) is 0 Å². The van der Waals surface area contributed by atoms with E-state index < -0.39 is 21.3 Å². The molecular weight excluding hydrogens is 404 g/mol. The smallest absolute Gasteiger partial charge is 0.264 e. The maximum Gasteiger partial charge on any atom is 0.264 e. The number of amides is 1. The average Bonchev–Trinajstić information content (AvgIpc) is 3.54. The van der Waals surface area contributed by atoms with Crippen molar-refractivity contribution in [1.82, 2.24) is 9.71 Å². The van der Waals surface area contributed by atoms with Crippen molar-refractivity contribution in [3.63, 3.8) is 0 Å². The van der Waals surface area contributed by atoms with Gasteiger partial charge in [0.05, 0.1) is 35.6 Å². The first-order chi connectivity index (χ1) is 14.3. The van der Waals surface area contributed by atoms with E-state index in [4.69, 9.17) is 9.47 Å². The van der Waals surface area contributed by atoms with Gasteiger partial charge in [0.15, 0.2) is 0 Å². The van der Waals surface area contributed by atoms with Crippen molar-refractivity contribution in [3.8, 4) is 11.5 Å². The summed E-state index contributed by atoms with van der Waals surface area (Å²) in [5, 5.41) is 0.455. The number of fused-ring (bicyclic) bond motifs is 1. The third-order valence-electron chi connectivity index (χ3n) is 5.53. The van der Waals surface area contributed by atoms with Crippen LogP contribution in [0.1, 0.15) is 24.0 Å². The fourth-order valence-corrected chi connectivity index (χ4v) is 5.12. The van der Waals surface area contributed by atoms with E-state index in [-0.39, 0.29) is 4.90 Å². The Hall–Kier alpha value is -3.13. The van der Waals surface area contributed by atoms with Gasteiger partial charge in [0.1, 0.15) is 11.5 Å². The number of benzene rings is 2. The molecule has 0 aliphatic heterocycles. The Balaban J connectivity index is 1.75. The first-order valence-corrected chi connectivity index (χ1v) is 11.0. The van der Waals surface area contributed by atoms with E-state index in [1.807, 2.05) is 13.0 Å². The highest BCUT2D eigenvalue weighted by atomic mass is 32.2. The Morgan fingerprint density at radius 3 is 2.50 bits per heavy atom. The van der Waals surface area contributed by atoms with Crippen LogP contribution in [0.2, 0.25) is 0 Å². The maximum atomic E-state index is 13.3. The second-order valence-electron chi connectivity index (χ2n) is 7.34. The normalized spacial score (nSPS) is 14.9. The molecule has 0 saturated heterocycles. The molecule has 0 bridgehead atoms. The standard InChI is InChI=1S/C22H22N2O5S/c1-14-9-10-17(28-2)19(20(14)29-3)22(11-12-22)21(25)24-30(26,27)18-8-4-7-16-15(18)6-5-13-23-16/h4-10,13H,11-12H2,1-3H3,(H,24,25). The van der Waals surface area contributed by atoms with Crippen molar-refractivity contribution < 1.29 is 22.7 Å². The molecule has 156 valence electrons. The third-order valence-corrected chi connectivity index (χ3v) is 6.91. The molecule has 3 aromatic rings. The van der Waals surface area contributed by atoms with Crippen molar-refractivity contribution in [2.75, 3.05) is 14.2 Å². The number of sulfonamides is 1. The van der Waals surface area contributed by atoms with E-state index in [0.717, 1.165) is 5.56 Å². The van der Waals surface area contributed by atoms with Crippen molar-refractivity contribution in [2.45, 2.75) is 30.1 Å². The summed E-state index contributed by atoms with van der Waals surface area (Å²) in [6.45, 7) is 1.87. The largest absolute Gasteiger partial charge is 0.496 e. The van der Waals surface area contributed by atoms with E-state index >= 15 is 0 Å². The predicted octanol–water partition coefficient (Wildman–Crippen LogP) is 3.10. The second-order valence-corrected chi connectivity index (χ2v) is 8.99. The van der Waals surface area contributed by atoms with Crippen molar-refractivity contribution >= 4 is 26.8 Å². The lowest BCUT2D eigenvalue weighted by Crippen LogP contribution is -2.39. The Labute approximate surface area is 175 Å². The average molecular weight is 426 g/mol. The fourth-order valence-electron chi connectivity index (χ4n) is 3.85. The molecule has 1 fully saturated rings. The number of aryl methyl sites for hydroxylation is 1. The molecule has 0 atom stereocenters. The zero-order valence-electron chi connectivity index (χ0n) is 16.9. The molecule has 1 heterocycles. The molecule has 1 amide bonds. The lowest BCUT2D eigenvalue weighted by molar-refractivity contribution is -0.121. The van der Waals surface area contributed by atoms with E-state index in [1.54, 1.807) is 36.5 Å². The van der Waals surface area contributed by atoms with Crippen LogP contribution in [0, 0.1) is 6.92 Å². The van der Waals surface area contributed by atoms with Crippen molar-refractivity contribution in [2.24, 2.45) is 0 Å². The van der Waals surface area contributed by atoms with Gasteiger partial charge in [0, 0.05) is 11.6 Å². The fraction of sp³-hybridized carbons (Fsp3) is 0.273. The van der Waals surface area contributed by atoms with Gasteiger partial charge in [0.25, 0.3) is 10.0 Å². The van der Waals surface area contributed by atoms with Crippen LogP contribution in [0.25, 0.3) is 10.9 Å². The molecule has 1 saturated carbocycles. The van der Waals surface area contributed by atoms with Crippen LogP contribution in [0.5, 0.6) is 11.5 Å². The Morgan fingerprint density at radius 1 is 1.07 bits per heavy atom. The van der Waals surface area contributed by atoms with Crippen molar-refractivity contribution in [1.29, 1.82) is 0 Å². The van der Waals surface area contributed by atoms with Crippen LogP contribution in [0.3, 0.4) is 0 Å². The quantitative estimate of drug-likeness (QED) is 0.651. The molecule has 0 spiro atoms. The predicted molar refractivity (Wildman–Crippen MR) is 112 cm³/mol. The molecule has 0 unspecified atom stereocenters. The summed E-state index contributed by atoms with van der Waals surface area (Å²) in [5.74, 6) is 0.441. The highest BCUT2D eigenvalue weighted by molar-refractivity contribution is 7.90. The number of aromatic nitrogens is 1. The molecule has 1 aliphatic rings. The van der Waals surface area contributed by atoms with Gasteiger partial charge in [-0.1, -0.05) is 12.1 Å². The first kappa shape index (κ1) is 20.2. The minimum absolute atomic E-state index is 0.0143. The number of carbonyl (C=O) groups excluding carboxylic acids is 1. The molecule has 30 heavy (non-hydrogen) atoms. The van der Waals surface area contributed by atoms with E-state index in [9.17, 15) is 13.2 Å². The van der Waals surface area contributed by atoms with Crippen LogP contribution in [-0.2, 0) is 20.2 Å². The molecule has 1 aliphatic carbocycles. The van der Waals surface area contributed by atoms with Crippen molar-refractivity contribution in [3.05, 3.63) is 59.8 Å². The Bertz CT molecular complexity index is 1240. The van der Waals surface area contributed by atoms with Crippen LogP contribution >= 0.6 is 0 Å². The van der Waals surface area contributed by atoms with Crippen LogP contribution in [-0.4, -0.2) is 33.5 Å². The van der Waals surface area contributed by atoms with Gasteiger partial charge in [-0.05, 0) is 55.7 Å². The summed E-state index contributed by atoms with van der Waals surface area (Å²) in [5.41, 5.74) is 0.949. The first-order valence-electron chi connectivity index (χ1n) is 9.47. The number of hydrogen-bond donors (Lipinski definition) is 1. The number of pyridine rings is 1. The number of nitrogens with zero attached hydrogens (tertiary/aromatic N) is 1. The van der Waals surface area contributed by atoms with Gasteiger partial charge in [-0.25, -0.2) is 13.1 Å². The topological polar surface area (TPSA) is 94.6 Å². The minimum atomic E-state index is -4.11. The van der Waals surface area contributed by atoms with E-state index in [0.29, 0.717) is 40.8 Å². The monoisotopic (exact) mass is 426 g/mol. The van der Waals surface area contributed by atoms with Gasteiger partial charge < -0.3 is 9.47 Å². The number of ether oxygens (including phenoxy) is 2. The SMILES string of the molecule is COc1ccc(C)c(OC)c1C1(C(=O)NS(=O)(=O)c2cccc3ncccc23)CC1. The van der Waals surface area contributed by atoms with Gasteiger partial charge in [0.2, 0.25) is 5.91 Å². The zero-order valence-corrected chi connectivity index (χ0v) is 17.7. The Morgan fingerprint density at radius 2 is 1.83 bits per heavy atom. The third kappa shape index (κ3) is 3.17. The zero-order chi connectivity index (χ0) is 21.5. The van der Waals surface area contributed by atoms with Gasteiger partial charge >= 0.3 is 0 Å². The van der Waals surface area contributed by atoms with Gasteiger partial charge in [-0.2, -0.15) is 0 Å². The molecule has 2 aromatic carbocycles. The summed E-state index contributed by atoms with van der Waals surface area (Å²) in [6.07, 6.45) is 2.59. The number of nitrogens with one attached hydrogen (secondary N) is 1. The molecule has 1 aromatic heterocycles. The second kappa shape index (κ2) is 7.28. The minimum Gasteiger partial charge on any atom is -0.496 e. The van der Waals surface area contributed by atoms with E-state index in [1.165, 1.54) is 20.3 Å². The Kier molecular flexibility index (Phi) is 4.89. The molecular formula is C22H22N2O5S. The molecule has 0 radical (unpaired) electrons. The number of methoxy groups -OCH3 is 2. The van der Waals surface area contributed by atoms with Gasteiger partial charge in [-0.3, -0.25) is 9.78 Å². The molecule has 1 N–H and O–H groups in total. The van der Waals surface area contributed by atoms with E-state index in [2.05, 4.69) is 9.71 Å². The summed E-state index contributed by atoms with van der Waals surface area (Å²) >= 11 is 0. The highest BCUT2D eigenvalue weighted by Crippen LogP contribution is 2.55. The highest BCUT2D eigenvalue weighted by Gasteiger charge is 2.56. The molecule has 7 nitrogen and oxygen atoms in total. The molecule has 4 rings (SSSR count). The maximum absolute atomic E-state index is 13.3. The molecule has 8 heteroatoms. The lowest BCUT2D eigenvalue weighted by atomic mass is 9.91. The van der Waals surface area contributed by atoms with Crippen LogP contribution < -0.4 is 14.2 Å². The summed E-state index contributed by atoms with van der Waals surface area (Å²) in [7, 11) is -1.07. The van der Waals surface area contributed by atoms with Crippen LogP contribution in [0.15, 0.2) is 53.6 Å². The lowest BCUT2D eigenvalue weighted by Gasteiger charge is -2.22. The number of rotatable bonds is 6. The van der Waals surface area contributed by atoms with Crippen LogP contribution in [0.4, 0.5) is 0 Å². The summed E-state index contributed by atoms with van der Waals surface area (Å²) < 4.78 is 39.5. The summed E-state index contributed by atoms with van der Waals surface area (Å²) in [4.78, 5) is 17.5.